The SMILES string of the molecule is CC/C=C\C/C=C\C/C=C\CCCCCC(=O)OCC(COC(=O)CCCCCCCCCCCCCC/C=C\C/C=C\C/C=C\CCCCCCC)OC(=O)CCCCCCCCCCCCCCCCC. The molecule has 422 valence electrons. The molecule has 0 aliphatic heterocycles. The van der Waals surface area contributed by atoms with Gasteiger partial charge in [-0.15, -0.1) is 0 Å². The molecule has 1 unspecified atom stereocenters. The fraction of sp³-hybridized carbons (Fsp3) is 0.776. The minimum Gasteiger partial charge on any atom is -0.462 e. The third kappa shape index (κ3) is 59.6. The fourth-order valence-corrected chi connectivity index (χ4v) is 9.00. The number of ether oxygens (including phenoxy) is 3. The monoisotopic (exact) mass is 1020 g/mol. The Hall–Kier alpha value is -3.15. The lowest BCUT2D eigenvalue weighted by Gasteiger charge is -2.18. The maximum Gasteiger partial charge on any atom is 0.306 e. The third-order valence-corrected chi connectivity index (χ3v) is 13.7. The van der Waals surface area contributed by atoms with Crippen molar-refractivity contribution in [2.75, 3.05) is 13.2 Å². The lowest BCUT2D eigenvalue weighted by Crippen LogP contribution is -2.30. The molecule has 0 spiro atoms. The van der Waals surface area contributed by atoms with Crippen LogP contribution in [0, 0.1) is 0 Å². The largest absolute Gasteiger partial charge is 0.462 e. The number of hydrogen-bond acceptors (Lipinski definition) is 6. The number of carbonyl (C=O) groups is 3. The van der Waals surface area contributed by atoms with Gasteiger partial charge in [-0.2, -0.15) is 0 Å². The van der Waals surface area contributed by atoms with Crippen LogP contribution < -0.4 is 0 Å². The summed E-state index contributed by atoms with van der Waals surface area (Å²) in [7, 11) is 0. The summed E-state index contributed by atoms with van der Waals surface area (Å²) in [6, 6.07) is 0. The topological polar surface area (TPSA) is 78.9 Å². The van der Waals surface area contributed by atoms with Crippen LogP contribution in [-0.4, -0.2) is 37.2 Å². The summed E-state index contributed by atoms with van der Waals surface area (Å²) >= 11 is 0. The van der Waals surface area contributed by atoms with Crippen molar-refractivity contribution in [1.29, 1.82) is 0 Å². The molecule has 0 N–H and O–H groups in total. The van der Waals surface area contributed by atoms with Crippen LogP contribution in [0.3, 0.4) is 0 Å². The smallest absolute Gasteiger partial charge is 0.306 e. The van der Waals surface area contributed by atoms with Crippen molar-refractivity contribution in [2.24, 2.45) is 0 Å². The Bertz CT molecular complexity index is 1360. The molecule has 0 amide bonds. The van der Waals surface area contributed by atoms with Crippen molar-refractivity contribution in [3.05, 3.63) is 72.9 Å². The molecule has 0 aliphatic rings. The number of esters is 3. The Kier molecular flexibility index (Phi) is 58.7. The lowest BCUT2D eigenvalue weighted by molar-refractivity contribution is -0.167. The number of rotatable bonds is 57. The summed E-state index contributed by atoms with van der Waals surface area (Å²) in [6.07, 6.45) is 79.1. The first-order valence-electron chi connectivity index (χ1n) is 31.4. The van der Waals surface area contributed by atoms with Gasteiger partial charge < -0.3 is 14.2 Å². The highest BCUT2D eigenvalue weighted by Crippen LogP contribution is 2.17. The minimum atomic E-state index is -0.786. The quantitative estimate of drug-likeness (QED) is 0.0261. The van der Waals surface area contributed by atoms with E-state index in [1.165, 1.54) is 180 Å². The third-order valence-electron chi connectivity index (χ3n) is 13.7. The molecule has 0 aliphatic carbocycles. The van der Waals surface area contributed by atoms with E-state index in [0.717, 1.165) is 96.3 Å². The van der Waals surface area contributed by atoms with Gasteiger partial charge in [-0.25, -0.2) is 0 Å². The van der Waals surface area contributed by atoms with Crippen LogP contribution in [-0.2, 0) is 28.6 Å². The first-order chi connectivity index (χ1) is 36.0. The van der Waals surface area contributed by atoms with Gasteiger partial charge in [0, 0.05) is 19.3 Å². The van der Waals surface area contributed by atoms with Crippen molar-refractivity contribution in [1.82, 2.24) is 0 Å². The van der Waals surface area contributed by atoms with Crippen LogP contribution in [0.4, 0.5) is 0 Å². The predicted octanol–water partition coefficient (Wildman–Crippen LogP) is 21.3. The van der Waals surface area contributed by atoms with Gasteiger partial charge in [-0.1, -0.05) is 280 Å². The van der Waals surface area contributed by atoms with E-state index >= 15 is 0 Å². The standard InChI is InChI=1S/C67H118O6/c1-4-7-10-13-16-19-22-25-27-28-29-30-31-32-33-34-35-36-37-38-40-42-45-48-51-54-57-60-66(69)72-63-64(62-71-65(68)59-56-53-50-47-44-41-24-21-18-15-12-9-6-3)73-67(70)61-58-55-52-49-46-43-39-26-23-20-17-14-11-8-5-2/h9,12,18,21-22,25,28-29,31-32,41,44,64H,4-8,10-11,13-17,19-20,23-24,26-27,30,33-40,42-43,45-63H2,1-3H3/b12-9-,21-18-,25-22-,29-28-,32-31-,44-41-. The van der Waals surface area contributed by atoms with Crippen LogP contribution in [0.1, 0.15) is 316 Å². The number of unbranched alkanes of at least 4 members (excludes halogenated alkanes) is 34. The molecule has 0 radical (unpaired) electrons. The summed E-state index contributed by atoms with van der Waals surface area (Å²) in [5.41, 5.74) is 0. The molecule has 0 rings (SSSR count). The summed E-state index contributed by atoms with van der Waals surface area (Å²) in [5.74, 6) is -0.901. The van der Waals surface area contributed by atoms with Crippen molar-refractivity contribution in [3.8, 4) is 0 Å². The molecule has 0 aromatic rings. The molecule has 0 aromatic heterocycles. The Morgan fingerprint density at radius 2 is 0.534 bits per heavy atom. The van der Waals surface area contributed by atoms with Crippen molar-refractivity contribution >= 4 is 17.9 Å². The zero-order valence-corrected chi connectivity index (χ0v) is 48.4. The Morgan fingerprint density at radius 3 is 0.849 bits per heavy atom. The highest BCUT2D eigenvalue weighted by Gasteiger charge is 2.19. The van der Waals surface area contributed by atoms with Gasteiger partial charge in [0.05, 0.1) is 0 Å². The second-order valence-electron chi connectivity index (χ2n) is 20.9. The molecule has 0 saturated carbocycles. The second-order valence-corrected chi connectivity index (χ2v) is 20.9. The summed E-state index contributed by atoms with van der Waals surface area (Å²) in [4.78, 5) is 38.2. The number of carbonyl (C=O) groups excluding carboxylic acids is 3. The first-order valence-corrected chi connectivity index (χ1v) is 31.4. The normalized spacial score (nSPS) is 12.5. The lowest BCUT2D eigenvalue weighted by atomic mass is 10.0. The Labute approximate surface area is 453 Å². The molecule has 6 nitrogen and oxygen atoms in total. The van der Waals surface area contributed by atoms with Gasteiger partial charge in [-0.05, 0) is 89.9 Å². The predicted molar refractivity (Wildman–Crippen MR) is 316 cm³/mol. The van der Waals surface area contributed by atoms with E-state index in [2.05, 4.69) is 93.7 Å². The maximum absolute atomic E-state index is 12.9. The number of allylic oxidation sites excluding steroid dienone is 12. The van der Waals surface area contributed by atoms with Crippen molar-refractivity contribution < 1.29 is 28.6 Å². The van der Waals surface area contributed by atoms with Gasteiger partial charge in [0.25, 0.3) is 0 Å². The second kappa shape index (κ2) is 61.4. The minimum absolute atomic E-state index is 0.0830. The van der Waals surface area contributed by atoms with Gasteiger partial charge >= 0.3 is 17.9 Å². The Morgan fingerprint density at radius 1 is 0.288 bits per heavy atom. The first kappa shape index (κ1) is 69.8. The average Bonchev–Trinajstić information content (AvgIpc) is 3.39. The van der Waals surface area contributed by atoms with Crippen LogP contribution in [0.5, 0.6) is 0 Å². The van der Waals surface area contributed by atoms with Gasteiger partial charge in [0.2, 0.25) is 0 Å². The van der Waals surface area contributed by atoms with Crippen LogP contribution in [0.15, 0.2) is 72.9 Å². The highest BCUT2D eigenvalue weighted by molar-refractivity contribution is 5.71. The van der Waals surface area contributed by atoms with Crippen LogP contribution in [0.25, 0.3) is 0 Å². The van der Waals surface area contributed by atoms with E-state index in [4.69, 9.17) is 14.2 Å². The van der Waals surface area contributed by atoms with Crippen molar-refractivity contribution in [2.45, 2.75) is 322 Å². The summed E-state index contributed by atoms with van der Waals surface area (Å²) in [6.45, 7) is 6.52. The fourth-order valence-electron chi connectivity index (χ4n) is 9.00. The highest BCUT2D eigenvalue weighted by atomic mass is 16.6. The van der Waals surface area contributed by atoms with Crippen LogP contribution in [0.2, 0.25) is 0 Å². The summed E-state index contributed by atoms with van der Waals surface area (Å²) in [5, 5.41) is 0. The Balaban J connectivity index is 4.26. The van der Waals surface area contributed by atoms with E-state index in [0.29, 0.717) is 19.3 Å². The molecule has 0 saturated heterocycles. The van der Waals surface area contributed by atoms with Gasteiger partial charge in [0.15, 0.2) is 6.10 Å². The van der Waals surface area contributed by atoms with Crippen LogP contribution >= 0.6 is 0 Å². The number of hydrogen-bond donors (Lipinski definition) is 0. The molecular formula is C67H118O6. The van der Waals surface area contributed by atoms with E-state index < -0.39 is 6.10 Å². The molecular weight excluding hydrogens is 901 g/mol. The van der Waals surface area contributed by atoms with Gasteiger partial charge in [-0.3, -0.25) is 14.4 Å². The average molecular weight is 1020 g/mol. The zero-order chi connectivity index (χ0) is 52.9. The molecule has 0 fully saturated rings. The summed E-state index contributed by atoms with van der Waals surface area (Å²) < 4.78 is 16.9. The maximum atomic E-state index is 12.9. The molecule has 73 heavy (non-hydrogen) atoms. The van der Waals surface area contributed by atoms with E-state index in [1.54, 1.807) is 0 Å². The van der Waals surface area contributed by atoms with E-state index in [9.17, 15) is 14.4 Å². The van der Waals surface area contributed by atoms with E-state index in [1.807, 2.05) is 0 Å². The van der Waals surface area contributed by atoms with Gasteiger partial charge in [0.1, 0.15) is 13.2 Å². The van der Waals surface area contributed by atoms with Crippen molar-refractivity contribution in [3.63, 3.8) is 0 Å². The van der Waals surface area contributed by atoms with E-state index in [-0.39, 0.29) is 31.1 Å². The molecule has 0 bridgehead atoms. The molecule has 1 atom stereocenters. The molecule has 0 aromatic carbocycles. The molecule has 0 heterocycles. The zero-order valence-electron chi connectivity index (χ0n) is 48.4. The molecule has 6 heteroatoms.